The molecule has 3 aromatic rings. The van der Waals surface area contributed by atoms with E-state index in [1.807, 2.05) is 47.4 Å². The number of benzene rings is 2. The topological polar surface area (TPSA) is 48.6 Å². The first kappa shape index (κ1) is 20.5. The highest BCUT2D eigenvalue weighted by Crippen LogP contribution is 2.24. The van der Waals surface area contributed by atoms with Gasteiger partial charge in [-0.2, -0.15) is 0 Å². The minimum absolute atomic E-state index is 0.102. The van der Waals surface area contributed by atoms with Crippen molar-refractivity contribution in [3.8, 4) is 5.75 Å². The largest absolute Gasteiger partial charge is 0.496 e. The third kappa shape index (κ3) is 4.51. The molecule has 2 heterocycles. The average Bonchev–Trinajstić information content (AvgIpc) is 3.23. The third-order valence-corrected chi connectivity index (χ3v) is 6.20. The minimum atomic E-state index is 0.102. The van der Waals surface area contributed by atoms with Gasteiger partial charge >= 0.3 is 0 Å². The lowest BCUT2D eigenvalue weighted by Crippen LogP contribution is -2.40. The number of hydrogen-bond acceptors (Lipinski definition) is 3. The molecule has 0 saturated carbocycles. The van der Waals surface area contributed by atoms with Crippen molar-refractivity contribution >= 4 is 16.8 Å². The summed E-state index contributed by atoms with van der Waals surface area (Å²) < 4.78 is 5.49. The Kier molecular flexibility index (Phi) is 6.38. The van der Waals surface area contributed by atoms with Gasteiger partial charge in [0.2, 0.25) is 0 Å². The first-order valence-electron chi connectivity index (χ1n) is 10.9. The van der Waals surface area contributed by atoms with Crippen molar-refractivity contribution in [3.05, 3.63) is 65.9 Å². The van der Waals surface area contributed by atoms with Crippen LogP contribution in [0.4, 0.5) is 0 Å². The fraction of sp³-hybridized carbons (Fsp3) is 0.400. The highest BCUT2D eigenvalue weighted by atomic mass is 16.5. The molecule has 0 aliphatic carbocycles. The quantitative estimate of drug-likeness (QED) is 0.627. The normalized spacial score (nSPS) is 15.4. The molecule has 0 atom stereocenters. The number of nitrogens with one attached hydrogen (secondary N) is 1. The van der Waals surface area contributed by atoms with Crippen molar-refractivity contribution in [1.82, 2.24) is 14.8 Å². The van der Waals surface area contributed by atoms with Gasteiger partial charge in [0.15, 0.2) is 0 Å². The number of hydrogen-bond donors (Lipinski definition) is 1. The van der Waals surface area contributed by atoms with E-state index >= 15 is 0 Å². The molecule has 0 bridgehead atoms. The van der Waals surface area contributed by atoms with Crippen LogP contribution in [0.2, 0.25) is 0 Å². The van der Waals surface area contributed by atoms with Crippen LogP contribution < -0.4 is 4.74 Å². The smallest absolute Gasteiger partial charge is 0.270 e. The Morgan fingerprint density at radius 3 is 2.60 bits per heavy atom. The van der Waals surface area contributed by atoms with E-state index in [-0.39, 0.29) is 5.91 Å². The number of likely N-dealkylation sites (tertiary alicyclic amines) is 1. The van der Waals surface area contributed by atoms with Crippen LogP contribution in [-0.4, -0.2) is 54.0 Å². The molecule has 1 amide bonds. The molecule has 1 aromatic heterocycles. The summed E-state index contributed by atoms with van der Waals surface area (Å²) in [5, 5.41) is 1.08. The van der Waals surface area contributed by atoms with Gasteiger partial charge in [0.05, 0.1) is 7.11 Å². The van der Waals surface area contributed by atoms with Crippen LogP contribution >= 0.6 is 0 Å². The SMILES string of the molecule is CCN(CC1CCN(Cc2ccccc2OC)CC1)C(=O)c1cc2ccccc2[nH]1. The highest BCUT2D eigenvalue weighted by Gasteiger charge is 2.24. The molecule has 1 aliphatic rings. The number of rotatable bonds is 7. The number of fused-ring (bicyclic) bond motifs is 1. The fourth-order valence-corrected chi connectivity index (χ4v) is 4.43. The van der Waals surface area contributed by atoms with Crippen LogP contribution in [0.1, 0.15) is 35.8 Å². The Morgan fingerprint density at radius 1 is 1.13 bits per heavy atom. The Bertz CT molecular complexity index is 956. The molecule has 5 heteroatoms. The van der Waals surface area contributed by atoms with E-state index in [0.717, 1.165) is 62.2 Å². The molecule has 1 aliphatic heterocycles. The lowest BCUT2D eigenvalue weighted by atomic mass is 9.95. The molecule has 5 nitrogen and oxygen atoms in total. The van der Waals surface area contributed by atoms with E-state index < -0.39 is 0 Å². The summed E-state index contributed by atoms with van der Waals surface area (Å²) in [5.74, 6) is 1.61. The molecule has 0 spiro atoms. The van der Waals surface area contributed by atoms with E-state index in [1.165, 1.54) is 5.56 Å². The van der Waals surface area contributed by atoms with Crippen LogP contribution in [-0.2, 0) is 6.54 Å². The zero-order chi connectivity index (χ0) is 20.9. The van der Waals surface area contributed by atoms with Crippen LogP contribution in [0.5, 0.6) is 5.75 Å². The zero-order valence-electron chi connectivity index (χ0n) is 17.9. The first-order chi connectivity index (χ1) is 14.7. The number of carbonyl (C=O) groups is 1. The Morgan fingerprint density at radius 2 is 1.87 bits per heavy atom. The van der Waals surface area contributed by atoms with E-state index in [0.29, 0.717) is 11.6 Å². The number of nitrogens with zero attached hydrogens (tertiary/aromatic N) is 2. The number of carbonyl (C=O) groups excluding carboxylic acids is 1. The number of para-hydroxylation sites is 2. The van der Waals surface area contributed by atoms with Crippen molar-refractivity contribution in [3.63, 3.8) is 0 Å². The lowest BCUT2D eigenvalue weighted by molar-refractivity contribution is 0.0693. The Balaban J connectivity index is 1.33. The van der Waals surface area contributed by atoms with Crippen LogP contribution in [0, 0.1) is 5.92 Å². The van der Waals surface area contributed by atoms with Gasteiger partial charge in [-0.15, -0.1) is 0 Å². The lowest BCUT2D eigenvalue weighted by Gasteiger charge is -2.34. The van der Waals surface area contributed by atoms with Gasteiger partial charge in [0, 0.05) is 36.1 Å². The molecule has 0 unspecified atom stereocenters. The maximum Gasteiger partial charge on any atom is 0.270 e. The third-order valence-electron chi connectivity index (χ3n) is 6.20. The van der Waals surface area contributed by atoms with E-state index in [2.05, 4.69) is 28.9 Å². The van der Waals surface area contributed by atoms with E-state index in [1.54, 1.807) is 7.11 Å². The molecule has 1 fully saturated rings. The van der Waals surface area contributed by atoms with E-state index in [9.17, 15) is 4.79 Å². The van der Waals surface area contributed by atoms with Gasteiger partial charge < -0.3 is 14.6 Å². The molecule has 1 saturated heterocycles. The molecule has 30 heavy (non-hydrogen) atoms. The minimum Gasteiger partial charge on any atom is -0.496 e. The summed E-state index contributed by atoms with van der Waals surface area (Å²) in [6.07, 6.45) is 2.23. The average molecular weight is 406 g/mol. The molecule has 0 radical (unpaired) electrons. The highest BCUT2D eigenvalue weighted by molar-refractivity contribution is 5.98. The summed E-state index contributed by atoms with van der Waals surface area (Å²) in [7, 11) is 1.73. The molecular formula is C25H31N3O2. The van der Waals surface area contributed by atoms with Crippen LogP contribution in [0.25, 0.3) is 10.9 Å². The summed E-state index contributed by atoms with van der Waals surface area (Å²) in [6.45, 7) is 6.66. The van der Waals surface area contributed by atoms with Crippen molar-refractivity contribution < 1.29 is 9.53 Å². The number of aromatic nitrogens is 1. The van der Waals surface area contributed by atoms with Gasteiger partial charge in [-0.3, -0.25) is 9.69 Å². The number of aromatic amines is 1. The summed E-state index contributed by atoms with van der Waals surface area (Å²) in [4.78, 5) is 20.8. The second kappa shape index (κ2) is 9.35. The monoisotopic (exact) mass is 405 g/mol. The first-order valence-corrected chi connectivity index (χ1v) is 10.9. The van der Waals surface area contributed by atoms with Crippen molar-refractivity contribution in [1.29, 1.82) is 0 Å². The van der Waals surface area contributed by atoms with Crippen LogP contribution in [0.15, 0.2) is 54.6 Å². The van der Waals surface area contributed by atoms with Crippen molar-refractivity contribution in [2.24, 2.45) is 5.92 Å². The molecule has 4 rings (SSSR count). The van der Waals surface area contributed by atoms with Crippen molar-refractivity contribution in [2.45, 2.75) is 26.3 Å². The second-order valence-electron chi connectivity index (χ2n) is 8.15. The number of amides is 1. The van der Waals surface area contributed by atoms with E-state index in [4.69, 9.17) is 4.74 Å². The predicted octanol–water partition coefficient (Wildman–Crippen LogP) is 4.55. The summed E-state index contributed by atoms with van der Waals surface area (Å²) in [5.41, 5.74) is 2.94. The Hall–Kier alpha value is -2.79. The molecule has 2 aromatic carbocycles. The summed E-state index contributed by atoms with van der Waals surface area (Å²) in [6, 6.07) is 18.3. The van der Waals surface area contributed by atoms with Crippen LogP contribution in [0.3, 0.4) is 0 Å². The Labute approximate surface area is 178 Å². The fourth-order valence-electron chi connectivity index (χ4n) is 4.43. The van der Waals surface area contributed by atoms with Gasteiger partial charge in [0.1, 0.15) is 11.4 Å². The number of piperidine rings is 1. The molecule has 1 N–H and O–H groups in total. The van der Waals surface area contributed by atoms with Gasteiger partial charge in [-0.25, -0.2) is 0 Å². The number of H-pyrrole nitrogens is 1. The maximum atomic E-state index is 13.1. The molecule has 158 valence electrons. The predicted molar refractivity (Wildman–Crippen MR) is 121 cm³/mol. The zero-order valence-corrected chi connectivity index (χ0v) is 17.9. The standard InChI is InChI=1S/C25H31N3O2/c1-3-28(25(29)23-16-20-8-4-6-10-22(20)26-23)17-19-12-14-27(15-13-19)18-21-9-5-7-11-24(21)30-2/h4-11,16,19,26H,3,12-15,17-18H2,1-2H3. The maximum absolute atomic E-state index is 13.1. The second-order valence-corrected chi connectivity index (χ2v) is 8.15. The number of methoxy groups -OCH3 is 1. The van der Waals surface area contributed by atoms with Gasteiger partial charge in [0.25, 0.3) is 5.91 Å². The van der Waals surface area contributed by atoms with Gasteiger partial charge in [-0.05, 0) is 57.0 Å². The van der Waals surface area contributed by atoms with Crippen molar-refractivity contribution in [2.75, 3.05) is 33.3 Å². The summed E-state index contributed by atoms with van der Waals surface area (Å²) >= 11 is 0. The van der Waals surface area contributed by atoms with Gasteiger partial charge in [-0.1, -0.05) is 36.4 Å². The molecular weight excluding hydrogens is 374 g/mol. The number of ether oxygens (including phenoxy) is 1.